The molecular weight excluding hydrogens is 418 g/mol. The lowest BCUT2D eigenvalue weighted by Gasteiger charge is -2.42. The molecule has 164 valence electrons. The van der Waals surface area contributed by atoms with Crippen LogP contribution in [0.15, 0.2) is 10.5 Å². The van der Waals surface area contributed by atoms with Gasteiger partial charge in [0.05, 0.1) is 16.2 Å². The van der Waals surface area contributed by atoms with Crippen LogP contribution in [0.25, 0.3) is 11.1 Å². The van der Waals surface area contributed by atoms with Gasteiger partial charge in [0.1, 0.15) is 5.52 Å². The molecule has 4 heterocycles. The molecule has 8 nitrogen and oxygen atoms in total. The Morgan fingerprint density at radius 1 is 1.19 bits per heavy atom. The molecule has 1 atom stereocenters. The maximum Gasteiger partial charge on any atom is 0.319 e. The zero-order valence-corrected chi connectivity index (χ0v) is 18.1. The normalized spacial score (nSPS) is 25.3. The van der Waals surface area contributed by atoms with Crippen molar-refractivity contribution in [2.45, 2.75) is 56.5 Å². The average molecular weight is 444 g/mol. The quantitative estimate of drug-likeness (QED) is 0.701. The lowest BCUT2D eigenvalue weighted by atomic mass is 9.74. The van der Waals surface area contributed by atoms with Gasteiger partial charge in [0.15, 0.2) is 5.58 Å². The van der Waals surface area contributed by atoms with E-state index >= 15 is 0 Å². The maximum atomic E-state index is 13.3. The second-order valence-electron chi connectivity index (χ2n) is 9.28. The number of hydrogen-bond donors (Lipinski definition) is 2. The molecule has 4 aliphatic rings. The number of urea groups is 1. The second kappa shape index (κ2) is 7.10. The summed E-state index contributed by atoms with van der Waals surface area (Å²) in [5, 5.41) is 6.41. The topological polar surface area (TPSA) is 90.7 Å². The van der Waals surface area contributed by atoms with Crippen LogP contribution in [0.5, 0.6) is 0 Å². The van der Waals surface area contributed by atoms with Gasteiger partial charge >= 0.3 is 11.9 Å². The summed E-state index contributed by atoms with van der Waals surface area (Å²) < 4.78 is 6.14. The first-order chi connectivity index (χ1) is 15.0. The number of hydrogen-bond acceptors (Lipinski definition) is 5. The van der Waals surface area contributed by atoms with E-state index in [0.717, 1.165) is 63.7 Å². The molecule has 3 aliphatic heterocycles. The number of anilines is 1. The Hall–Kier alpha value is -2.32. The molecule has 1 spiro atoms. The van der Waals surface area contributed by atoms with Gasteiger partial charge in [-0.15, -0.1) is 0 Å². The summed E-state index contributed by atoms with van der Waals surface area (Å²) in [7, 11) is 0. The lowest BCUT2D eigenvalue weighted by Crippen LogP contribution is -2.52. The highest BCUT2D eigenvalue weighted by Crippen LogP contribution is 2.48. The van der Waals surface area contributed by atoms with Gasteiger partial charge in [-0.25, -0.2) is 9.78 Å². The molecule has 1 aromatic heterocycles. The van der Waals surface area contributed by atoms with E-state index in [1.807, 2.05) is 4.90 Å². The summed E-state index contributed by atoms with van der Waals surface area (Å²) in [4.78, 5) is 34.5. The SMILES string of the molecule is O=C1Nc2c(Cl)cc3nc(C(=O)N4CCN5CCC[C@H]5C4)oc3c2C2(CCCCC2)N1. The molecule has 2 N–H and O–H groups in total. The molecule has 2 saturated heterocycles. The minimum absolute atomic E-state index is 0.105. The summed E-state index contributed by atoms with van der Waals surface area (Å²) in [5.74, 6) is -0.0631. The van der Waals surface area contributed by atoms with E-state index in [1.54, 1.807) is 6.07 Å². The highest BCUT2D eigenvalue weighted by atomic mass is 35.5. The molecule has 0 bridgehead atoms. The molecule has 3 amide bonds. The van der Waals surface area contributed by atoms with E-state index in [-0.39, 0.29) is 17.8 Å². The van der Waals surface area contributed by atoms with Gasteiger partial charge in [0.25, 0.3) is 5.89 Å². The third kappa shape index (κ3) is 3.03. The number of nitrogens with one attached hydrogen (secondary N) is 2. The number of rotatable bonds is 1. The molecule has 9 heteroatoms. The van der Waals surface area contributed by atoms with Crippen LogP contribution in [-0.4, -0.2) is 58.9 Å². The zero-order chi connectivity index (χ0) is 21.2. The number of halogens is 1. The van der Waals surface area contributed by atoms with Crippen molar-refractivity contribution in [3.8, 4) is 0 Å². The fourth-order valence-electron chi connectivity index (χ4n) is 5.97. The molecule has 0 radical (unpaired) electrons. The van der Waals surface area contributed by atoms with Crippen LogP contribution in [0.2, 0.25) is 5.02 Å². The van der Waals surface area contributed by atoms with Crippen LogP contribution in [0.4, 0.5) is 10.5 Å². The summed E-state index contributed by atoms with van der Waals surface area (Å²) in [6, 6.07) is 1.88. The van der Waals surface area contributed by atoms with Crippen LogP contribution < -0.4 is 10.6 Å². The summed E-state index contributed by atoms with van der Waals surface area (Å²) >= 11 is 6.56. The Balaban J connectivity index is 1.41. The number of nitrogens with zero attached hydrogens (tertiary/aromatic N) is 3. The number of aromatic nitrogens is 1. The number of fused-ring (bicyclic) bond motifs is 5. The third-order valence-electron chi connectivity index (χ3n) is 7.47. The van der Waals surface area contributed by atoms with E-state index in [1.165, 1.54) is 6.42 Å². The third-order valence-corrected chi connectivity index (χ3v) is 7.77. The number of benzene rings is 1. The molecule has 3 fully saturated rings. The van der Waals surface area contributed by atoms with Crippen molar-refractivity contribution in [1.82, 2.24) is 20.1 Å². The smallest absolute Gasteiger partial charge is 0.319 e. The largest absolute Gasteiger partial charge is 0.432 e. The fraction of sp³-hybridized carbons (Fsp3) is 0.591. The maximum absolute atomic E-state index is 13.3. The first-order valence-corrected chi connectivity index (χ1v) is 11.7. The van der Waals surface area contributed by atoms with Gasteiger partial charge in [0.2, 0.25) is 0 Å². The first kappa shape index (κ1) is 19.4. The van der Waals surface area contributed by atoms with Crippen LogP contribution in [0.1, 0.15) is 61.2 Å². The molecule has 31 heavy (non-hydrogen) atoms. The molecule has 6 rings (SSSR count). The first-order valence-electron chi connectivity index (χ1n) is 11.3. The minimum Gasteiger partial charge on any atom is -0.432 e. The Morgan fingerprint density at radius 3 is 2.87 bits per heavy atom. The van der Waals surface area contributed by atoms with Crippen LogP contribution in [0.3, 0.4) is 0 Å². The van der Waals surface area contributed by atoms with Gasteiger partial charge in [-0.05, 0) is 38.3 Å². The zero-order valence-electron chi connectivity index (χ0n) is 17.4. The van der Waals surface area contributed by atoms with Gasteiger partial charge in [-0.2, -0.15) is 0 Å². The van der Waals surface area contributed by atoms with Gasteiger partial charge < -0.3 is 20.0 Å². The van der Waals surface area contributed by atoms with Crippen molar-refractivity contribution in [2.24, 2.45) is 0 Å². The Morgan fingerprint density at radius 2 is 2.03 bits per heavy atom. The van der Waals surface area contributed by atoms with Gasteiger partial charge in [0, 0.05) is 31.2 Å². The van der Waals surface area contributed by atoms with Crippen LogP contribution in [-0.2, 0) is 5.54 Å². The minimum atomic E-state index is -0.533. The molecular formula is C22H26ClN5O3. The molecule has 2 aromatic rings. The summed E-state index contributed by atoms with van der Waals surface area (Å²) in [5.41, 5.74) is 2.00. The molecule has 0 unspecified atom stereocenters. The molecule has 1 aromatic carbocycles. The van der Waals surface area contributed by atoms with Crippen molar-refractivity contribution < 1.29 is 14.0 Å². The summed E-state index contributed by atoms with van der Waals surface area (Å²) in [6.45, 7) is 3.43. The Bertz CT molecular complexity index is 1080. The number of amides is 3. The average Bonchev–Trinajstić information content (AvgIpc) is 3.40. The van der Waals surface area contributed by atoms with E-state index < -0.39 is 5.54 Å². The Labute approximate surface area is 185 Å². The number of carbonyl (C=O) groups excluding carboxylic acids is 2. The van der Waals surface area contributed by atoms with E-state index in [0.29, 0.717) is 34.4 Å². The predicted molar refractivity (Wildman–Crippen MR) is 116 cm³/mol. The van der Waals surface area contributed by atoms with Crippen molar-refractivity contribution in [3.05, 3.63) is 22.5 Å². The van der Waals surface area contributed by atoms with Crippen molar-refractivity contribution in [3.63, 3.8) is 0 Å². The van der Waals surface area contributed by atoms with Gasteiger partial charge in [-0.3, -0.25) is 9.69 Å². The lowest BCUT2D eigenvalue weighted by molar-refractivity contribution is 0.0536. The number of oxazole rings is 1. The predicted octanol–water partition coefficient (Wildman–Crippen LogP) is 3.70. The standard InChI is InChI=1S/C22H26ClN5O3/c23-14-11-15-18(16-17(14)25-21(30)26-22(16)6-2-1-3-7-22)31-19(24-15)20(29)28-10-9-27-8-4-5-13(27)12-28/h11,13H,1-10,12H2,(H2,25,26,30)/t13-/m0/s1. The van der Waals surface area contributed by atoms with Crippen molar-refractivity contribution in [2.75, 3.05) is 31.5 Å². The van der Waals surface area contributed by atoms with E-state index in [9.17, 15) is 9.59 Å². The molecule has 1 saturated carbocycles. The number of carbonyl (C=O) groups is 2. The Kier molecular flexibility index (Phi) is 4.44. The van der Waals surface area contributed by atoms with E-state index in [2.05, 4.69) is 20.5 Å². The highest BCUT2D eigenvalue weighted by Gasteiger charge is 2.44. The fourth-order valence-corrected chi connectivity index (χ4v) is 6.22. The molecule has 1 aliphatic carbocycles. The van der Waals surface area contributed by atoms with E-state index in [4.69, 9.17) is 16.0 Å². The monoisotopic (exact) mass is 443 g/mol. The summed E-state index contributed by atoms with van der Waals surface area (Å²) in [6.07, 6.45) is 7.12. The second-order valence-corrected chi connectivity index (χ2v) is 9.69. The highest BCUT2D eigenvalue weighted by molar-refractivity contribution is 6.35. The van der Waals surface area contributed by atoms with Gasteiger partial charge in [-0.1, -0.05) is 30.9 Å². The van der Waals surface area contributed by atoms with Crippen molar-refractivity contribution in [1.29, 1.82) is 0 Å². The van der Waals surface area contributed by atoms with Crippen LogP contribution in [0, 0.1) is 0 Å². The van der Waals surface area contributed by atoms with Crippen LogP contribution >= 0.6 is 11.6 Å². The number of piperazine rings is 1. The van der Waals surface area contributed by atoms with Crippen molar-refractivity contribution >= 4 is 40.3 Å².